The minimum atomic E-state index is 0.555. The van der Waals surface area contributed by atoms with Crippen LogP contribution in [-0.4, -0.2) is 31.2 Å². The molecule has 1 aromatic heterocycles. The Hall–Kier alpha value is -1.81. The van der Waals surface area contributed by atoms with E-state index in [9.17, 15) is 0 Å². The van der Waals surface area contributed by atoms with Gasteiger partial charge < -0.3 is 15.4 Å². The van der Waals surface area contributed by atoms with Crippen molar-refractivity contribution in [1.82, 2.24) is 10.3 Å². The van der Waals surface area contributed by atoms with Crippen molar-refractivity contribution >= 4 is 16.6 Å². The van der Waals surface area contributed by atoms with Crippen LogP contribution in [0.2, 0.25) is 0 Å². The van der Waals surface area contributed by atoms with Gasteiger partial charge in [0.05, 0.1) is 12.6 Å². The zero-order chi connectivity index (χ0) is 15.6. The zero-order valence-electron chi connectivity index (χ0n) is 13.8. The lowest BCUT2D eigenvalue weighted by atomic mass is 9.92. The molecule has 122 valence electrons. The number of hydrogen-bond donors (Lipinski definition) is 2. The number of anilines is 1. The number of nitrogens with zero attached hydrogens (tertiary/aromatic N) is 1. The highest BCUT2D eigenvalue weighted by molar-refractivity contribution is 5.94. The lowest BCUT2D eigenvalue weighted by Gasteiger charge is -2.28. The largest absolute Gasteiger partial charge is 0.497 e. The number of fused-ring (bicyclic) bond motifs is 2. The highest BCUT2D eigenvalue weighted by Crippen LogP contribution is 2.35. The molecule has 0 bridgehead atoms. The van der Waals surface area contributed by atoms with Gasteiger partial charge in [-0.25, -0.2) is 0 Å². The third kappa shape index (κ3) is 2.88. The van der Waals surface area contributed by atoms with Crippen LogP contribution in [0.5, 0.6) is 5.75 Å². The van der Waals surface area contributed by atoms with E-state index in [-0.39, 0.29) is 0 Å². The molecule has 1 saturated heterocycles. The van der Waals surface area contributed by atoms with Crippen molar-refractivity contribution in [3.8, 4) is 5.75 Å². The Bertz CT molecular complexity index is 707. The summed E-state index contributed by atoms with van der Waals surface area (Å²) in [5, 5.41) is 8.53. The summed E-state index contributed by atoms with van der Waals surface area (Å²) >= 11 is 0. The molecule has 0 saturated carbocycles. The van der Waals surface area contributed by atoms with E-state index in [1.807, 2.05) is 6.07 Å². The van der Waals surface area contributed by atoms with Gasteiger partial charge in [0.25, 0.3) is 0 Å². The Balaban J connectivity index is 1.82. The van der Waals surface area contributed by atoms with Crippen LogP contribution < -0.4 is 15.4 Å². The molecule has 1 fully saturated rings. The summed E-state index contributed by atoms with van der Waals surface area (Å²) in [5.41, 5.74) is 5.14. The Morgan fingerprint density at radius 2 is 2.00 bits per heavy atom. The number of ether oxygens (including phenoxy) is 1. The number of nitrogens with one attached hydrogen (secondary N) is 2. The van der Waals surface area contributed by atoms with Crippen molar-refractivity contribution in [2.45, 2.75) is 44.6 Å². The van der Waals surface area contributed by atoms with Crippen molar-refractivity contribution in [2.75, 3.05) is 25.5 Å². The molecule has 2 heterocycles. The monoisotopic (exact) mass is 311 g/mol. The Kier molecular flexibility index (Phi) is 4.08. The predicted molar refractivity (Wildman–Crippen MR) is 94.5 cm³/mol. The molecule has 0 atom stereocenters. The molecule has 0 amide bonds. The lowest BCUT2D eigenvalue weighted by molar-refractivity contribution is 0.415. The van der Waals surface area contributed by atoms with Gasteiger partial charge >= 0.3 is 0 Å². The summed E-state index contributed by atoms with van der Waals surface area (Å²) in [6, 6.07) is 6.80. The smallest absolute Gasteiger partial charge is 0.119 e. The first-order valence-corrected chi connectivity index (χ1v) is 8.82. The summed E-state index contributed by atoms with van der Waals surface area (Å²) in [5.74, 6) is 0.906. The molecular formula is C19H25N3O. The third-order valence-electron chi connectivity index (χ3n) is 5.16. The van der Waals surface area contributed by atoms with Crippen molar-refractivity contribution in [1.29, 1.82) is 0 Å². The normalized spacial score (nSPS) is 18.7. The number of aromatic nitrogens is 1. The second-order valence-electron chi connectivity index (χ2n) is 6.67. The predicted octanol–water partition coefficient (Wildman–Crippen LogP) is 3.29. The van der Waals surface area contributed by atoms with Crippen molar-refractivity contribution in [3.05, 3.63) is 29.5 Å². The minimum absolute atomic E-state index is 0.555. The van der Waals surface area contributed by atoms with Gasteiger partial charge in [0.15, 0.2) is 0 Å². The van der Waals surface area contributed by atoms with E-state index in [1.54, 1.807) is 7.11 Å². The molecule has 0 unspecified atom stereocenters. The number of rotatable bonds is 3. The van der Waals surface area contributed by atoms with Crippen LogP contribution in [0.25, 0.3) is 10.9 Å². The van der Waals surface area contributed by atoms with Crippen molar-refractivity contribution in [2.24, 2.45) is 0 Å². The maximum absolute atomic E-state index is 5.45. The number of methoxy groups -OCH3 is 1. The number of piperidine rings is 1. The fourth-order valence-electron chi connectivity index (χ4n) is 3.87. The number of pyridine rings is 1. The highest BCUT2D eigenvalue weighted by atomic mass is 16.5. The van der Waals surface area contributed by atoms with E-state index >= 15 is 0 Å². The van der Waals surface area contributed by atoms with Gasteiger partial charge in [0, 0.05) is 22.8 Å². The van der Waals surface area contributed by atoms with E-state index in [0.29, 0.717) is 6.04 Å². The van der Waals surface area contributed by atoms with Gasteiger partial charge in [0.2, 0.25) is 0 Å². The van der Waals surface area contributed by atoms with Crippen molar-refractivity contribution in [3.63, 3.8) is 0 Å². The van der Waals surface area contributed by atoms with Crippen LogP contribution in [0, 0.1) is 0 Å². The maximum Gasteiger partial charge on any atom is 0.119 e. The average molecular weight is 311 g/mol. The molecule has 4 nitrogen and oxygen atoms in total. The molecule has 1 aromatic carbocycles. The molecule has 23 heavy (non-hydrogen) atoms. The van der Waals surface area contributed by atoms with Gasteiger partial charge in [-0.05, 0) is 75.4 Å². The van der Waals surface area contributed by atoms with Crippen LogP contribution in [0.15, 0.2) is 18.2 Å². The van der Waals surface area contributed by atoms with E-state index < -0.39 is 0 Å². The number of hydrogen-bond acceptors (Lipinski definition) is 4. The molecule has 2 N–H and O–H groups in total. The third-order valence-corrected chi connectivity index (χ3v) is 5.16. The van der Waals surface area contributed by atoms with Crippen LogP contribution in [0.4, 0.5) is 5.69 Å². The second kappa shape index (κ2) is 6.36. The van der Waals surface area contributed by atoms with Gasteiger partial charge in [-0.15, -0.1) is 0 Å². The first-order chi connectivity index (χ1) is 11.3. The number of benzene rings is 1. The van der Waals surface area contributed by atoms with Crippen LogP contribution >= 0.6 is 0 Å². The summed E-state index contributed by atoms with van der Waals surface area (Å²) in [4.78, 5) is 4.94. The minimum Gasteiger partial charge on any atom is -0.497 e. The van der Waals surface area contributed by atoms with E-state index in [0.717, 1.165) is 37.2 Å². The highest BCUT2D eigenvalue weighted by Gasteiger charge is 2.21. The van der Waals surface area contributed by atoms with Gasteiger partial charge in [0.1, 0.15) is 5.75 Å². The van der Waals surface area contributed by atoms with Gasteiger partial charge in [-0.1, -0.05) is 0 Å². The fourth-order valence-corrected chi connectivity index (χ4v) is 3.87. The fraction of sp³-hybridized carbons (Fsp3) is 0.526. The first kappa shape index (κ1) is 14.8. The van der Waals surface area contributed by atoms with Crippen LogP contribution in [0.1, 0.15) is 36.9 Å². The Morgan fingerprint density at radius 1 is 1.17 bits per heavy atom. The second-order valence-corrected chi connectivity index (χ2v) is 6.67. The summed E-state index contributed by atoms with van der Waals surface area (Å²) in [7, 11) is 1.73. The average Bonchev–Trinajstić information content (AvgIpc) is 2.62. The molecule has 1 aliphatic carbocycles. The van der Waals surface area contributed by atoms with Crippen LogP contribution in [-0.2, 0) is 12.8 Å². The molecule has 4 heteroatoms. The first-order valence-electron chi connectivity index (χ1n) is 8.82. The standard InChI is InChI=1S/C19H25N3O/c1-23-14-6-7-18-16(12-14)19(21-13-8-10-20-11-9-13)15-4-2-3-5-17(15)22-18/h6-7,12-13,20H,2-5,8-11H2,1H3,(H,21,22). The van der Waals surface area contributed by atoms with Gasteiger partial charge in [-0.2, -0.15) is 0 Å². The Morgan fingerprint density at radius 3 is 2.83 bits per heavy atom. The number of aryl methyl sites for hydroxylation is 1. The van der Waals surface area contributed by atoms with Crippen LogP contribution in [0.3, 0.4) is 0 Å². The van der Waals surface area contributed by atoms with E-state index in [1.165, 1.54) is 48.0 Å². The van der Waals surface area contributed by atoms with E-state index in [4.69, 9.17) is 9.72 Å². The molecule has 1 aliphatic heterocycles. The summed E-state index contributed by atoms with van der Waals surface area (Å²) < 4.78 is 5.45. The molecule has 4 rings (SSSR count). The summed E-state index contributed by atoms with van der Waals surface area (Å²) in [6.07, 6.45) is 7.14. The van der Waals surface area contributed by atoms with E-state index in [2.05, 4.69) is 22.8 Å². The van der Waals surface area contributed by atoms with Gasteiger partial charge in [-0.3, -0.25) is 4.98 Å². The summed E-state index contributed by atoms with van der Waals surface area (Å²) in [6.45, 7) is 2.21. The molecule has 2 aromatic rings. The molecule has 0 spiro atoms. The maximum atomic E-state index is 5.45. The quantitative estimate of drug-likeness (QED) is 0.913. The molecule has 0 radical (unpaired) electrons. The zero-order valence-corrected chi connectivity index (χ0v) is 13.8. The lowest BCUT2D eigenvalue weighted by Crippen LogP contribution is -2.35. The Labute approximate surface area is 137 Å². The SMILES string of the molecule is COc1ccc2nc3c(c(NC4CCNCC4)c2c1)CCCC3. The molecule has 2 aliphatic rings. The molecular weight excluding hydrogens is 286 g/mol. The van der Waals surface area contributed by atoms with Crippen molar-refractivity contribution < 1.29 is 4.74 Å². The topological polar surface area (TPSA) is 46.2 Å².